The fourth-order valence-electron chi connectivity index (χ4n) is 2.56. The fraction of sp³-hybridized carbons (Fsp3) is 0.118. The van der Waals surface area contributed by atoms with Gasteiger partial charge in [-0.25, -0.2) is 13.2 Å². The lowest BCUT2D eigenvalue weighted by Crippen LogP contribution is -2.24. The second-order valence-corrected chi connectivity index (χ2v) is 4.91. The number of hydrogen-bond acceptors (Lipinski definition) is 1. The largest absolute Gasteiger partial charge is 0.278 e. The van der Waals surface area contributed by atoms with Crippen molar-refractivity contribution in [2.75, 3.05) is 0 Å². The predicted molar refractivity (Wildman–Crippen MR) is 78.8 cm³/mol. The number of benzene rings is 2. The van der Waals surface area contributed by atoms with Crippen molar-refractivity contribution < 1.29 is 13.2 Å². The molecule has 0 aliphatic rings. The average molecular weight is 303 g/mol. The van der Waals surface area contributed by atoms with Crippen molar-refractivity contribution in [3.8, 4) is 5.69 Å². The lowest BCUT2D eigenvalue weighted by molar-refractivity contribution is 0.502. The number of rotatable bonds is 2. The molecule has 0 aliphatic carbocycles. The van der Waals surface area contributed by atoms with Gasteiger partial charge in [-0.05, 0) is 36.1 Å². The molecule has 2 nitrogen and oxygen atoms in total. The van der Waals surface area contributed by atoms with Crippen molar-refractivity contribution in [3.05, 3.63) is 76.0 Å². The molecule has 0 N–H and O–H groups in total. The Labute approximate surface area is 124 Å². The summed E-state index contributed by atoms with van der Waals surface area (Å²) in [6.07, 6.45) is 0.414. The van der Waals surface area contributed by atoms with Gasteiger partial charge in [0.05, 0.1) is 11.1 Å². The van der Waals surface area contributed by atoms with E-state index in [1.165, 1.54) is 24.3 Å². The smallest absolute Gasteiger partial charge is 0.266 e. The summed E-state index contributed by atoms with van der Waals surface area (Å²) in [6.45, 7) is 1.79. The van der Waals surface area contributed by atoms with E-state index in [0.29, 0.717) is 17.5 Å². The van der Waals surface area contributed by atoms with Gasteiger partial charge < -0.3 is 0 Å². The van der Waals surface area contributed by atoms with Gasteiger partial charge in [0.2, 0.25) is 0 Å². The maximum atomic E-state index is 14.1. The van der Waals surface area contributed by atoms with E-state index < -0.39 is 23.0 Å². The van der Waals surface area contributed by atoms with Crippen LogP contribution in [0.1, 0.15) is 12.6 Å². The highest BCUT2D eigenvalue weighted by atomic mass is 19.2. The van der Waals surface area contributed by atoms with Crippen LogP contribution in [0.2, 0.25) is 0 Å². The van der Waals surface area contributed by atoms with Gasteiger partial charge in [-0.2, -0.15) is 0 Å². The fourth-order valence-corrected chi connectivity index (χ4v) is 2.56. The maximum absolute atomic E-state index is 14.1. The summed E-state index contributed by atoms with van der Waals surface area (Å²) in [4.78, 5) is 12.6. The number of halogens is 3. The molecule has 1 heterocycles. The number of fused-ring (bicyclic) bond motifs is 1. The molecule has 0 fully saturated rings. The second-order valence-electron chi connectivity index (χ2n) is 4.91. The average Bonchev–Trinajstić information content (AvgIpc) is 2.50. The minimum atomic E-state index is -1.13. The number of pyridine rings is 1. The zero-order valence-corrected chi connectivity index (χ0v) is 11.7. The summed E-state index contributed by atoms with van der Waals surface area (Å²) in [6, 6.07) is 9.48. The first-order valence-corrected chi connectivity index (χ1v) is 6.82. The van der Waals surface area contributed by atoms with Crippen LogP contribution < -0.4 is 5.56 Å². The molecule has 0 unspecified atom stereocenters. The summed E-state index contributed by atoms with van der Waals surface area (Å²) < 4.78 is 42.5. The van der Waals surface area contributed by atoms with E-state index >= 15 is 0 Å². The van der Waals surface area contributed by atoms with Crippen molar-refractivity contribution in [3.63, 3.8) is 0 Å². The Morgan fingerprint density at radius 3 is 2.41 bits per heavy atom. The molecule has 0 saturated heterocycles. The highest BCUT2D eigenvalue weighted by Gasteiger charge is 2.17. The van der Waals surface area contributed by atoms with Gasteiger partial charge in [0, 0.05) is 5.69 Å². The summed E-state index contributed by atoms with van der Waals surface area (Å²) >= 11 is 0. The molecule has 112 valence electrons. The molecule has 1 aromatic heterocycles. The van der Waals surface area contributed by atoms with E-state index in [-0.39, 0.29) is 11.1 Å². The standard InChI is InChI=1S/C17H12F3NO/c1-2-11-9-10-5-3-6-12(18)15(10)17(22)21(11)14-8-4-7-13(19)16(14)20/h3-9H,2H2,1H3. The first-order valence-electron chi connectivity index (χ1n) is 6.82. The number of nitrogens with zero attached hydrogens (tertiary/aromatic N) is 1. The van der Waals surface area contributed by atoms with Crippen molar-refractivity contribution in [1.29, 1.82) is 0 Å². The van der Waals surface area contributed by atoms with Gasteiger partial charge in [-0.3, -0.25) is 9.36 Å². The van der Waals surface area contributed by atoms with Crippen LogP contribution in [0, 0.1) is 17.5 Å². The van der Waals surface area contributed by atoms with Crippen molar-refractivity contribution in [2.24, 2.45) is 0 Å². The molecule has 3 rings (SSSR count). The molecule has 0 bridgehead atoms. The van der Waals surface area contributed by atoms with E-state index in [0.717, 1.165) is 10.6 Å². The molecule has 0 atom stereocenters. The van der Waals surface area contributed by atoms with Gasteiger partial charge in [0.25, 0.3) is 5.56 Å². The van der Waals surface area contributed by atoms with Crippen LogP contribution in [0.15, 0.2) is 47.3 Å². The minimum absolute atomic E-state index is 0.136. The minimum Gasteiger partial charge on any atom is -0.278 e. The van der Waals surface area contributed by atoms with Crippen molar-refractivity contribution in [2.45, 2.75) is 13.3 Å². The molecule has 0 spiro atoms. The molecule has 2 aromatic carbocycles. The van der Waals surface area contributed by atoms with Gasteiger partial charge in [0.1, 0.15) is 5.82 Å². The summed E-state index contributed by atoms with van der Waals surface area (Å²) in [5, 5.41) is 0.304. The molecule has 5 heteroatoms. The molecule has 0 radical (unpaired) electrons. The van der Waals surface area contributed by atoms with Gasteiger partial charge >= 0.3 is 0 Å². The van der Waals surface area contributed by atoms with Crippen LogP contribution in [-0.4, -0.2) is 4.57 Å². The van der Waals surface area contributed by atoms with Crippen molar-refractivity contribution >= 4 is 10.8 Å². The number of aryl methyl sites for hydroxylation is 1. The van der Waals surface area contributed by atoms with E-state index in [9.17, 15) is 18.0 Å². The van der Waals surface area contributed by atoms with E-state index in [1.54, 1.807) is 19.1 Å². The first kappa shape index (κ1) is 14.4. The predicted octanol–water partition coefficient (Wildman–Crippen LogP) is 3.97. The molecule has 3 aromatic rings. The zero-order valence-electron chi connectivity index (χ0n) is 11.7. The normalized spacial score (nSPS) is 11.1. The quantitative estimate of drug-likeness (QED) is 0.702. The van der Waals surface area contributed by atoms with Gasteiger partial charge in [0.15, 0.2) is 11.6 Å². The third-order valence-corrected chi connectivity index (χ3v) is 3.61. The van der Waals surface area contributed by atoms with Gasteiger partial charge in [-0.15, -0.1) is 0 Å². The highest BCUT2D eigenvalue weighted by Crippen LogP contribution is 2.21. The van der Waals surface area contributed by atoms with Crippen LogP contribution in [0.3, 0.4) is 0 Å². The zero-order chi connectivity index (χ0) is 15.9. The lowest BCUT2D eigenvalue weighted by Gasteiger charge is -2.14. The summed E-state index contributed by atoms with van der Waals surface area (Å²) in [7, 11) is 0. The van der Waals surface area contributed by atoms with Crippen LogP contribution >= 0.6 is 0 Å². The molecular weight excluding hydrogens is 291 g/mol. The van der Waals surface area contributed by atoms with Gasteiger partial charge in [-0.1, -0.05) is 25.1 Å². The van der Waals surface area contributed by atoms with E-state index in [2.05, 4.69) is 0 Å². The van der Waals surface area contributed by atoms with Crippen LogP contribution in [0.5, 0.6) is 0 Å². The Hall–Kier alpha value is -2.56. The SMILES string of the molecule is CCc1cc2cccc(F)c2c(=O)n1-c1cccc(F)c1F. The van der Waals surface area contributed by atoms with Crippen LogP contribution in [-0.2, 0) is 6.42 Å². The van der Waals surface area contributed by atoms with Crippen LogP contribution in [0.25, 0.3) is 16.5 Å². The van der Waals surface area contributed by atoms with E-state index in [4.69, 9.17) is 0 Å². The monoisotopic (exact) mass is 303 g/mol. The molecule has 0 saturated carbocycles. The highest BCUT2D eigenvalue weighted by molar-refractivity contribution is 5.83. The Bertz CT molecular complexity index is 931. The Balaban J connectivity index is 2.48. The molecule has 0 amide bonds. The number of aromatic nitrogens is 1. The third kappa shape index (κ3) is 2.09. The maximum Gasteiger partial charge on any atom is 0.266 e. The lowest BCUT2D eigenvalue weighted by atomic mass is 10.1. The first-order chi connectivity index (χ1) is 10.5. The molecular formula is C17H12F3NO. The Morgan fingerprint density at radius 1 is 1.00 bits per heavy atom. The third-order valence-electron chi connectivity index (χ3n) is 3.61. The summed E-state index contributed by atoms with van der Waals surface area (Å²) in [5.74, 6) is -2.87. The second kappa shape index (κ2) is 5.33. The number of hydrogen-bond donors (Lipinski definition) is 0. The van der Waals surface area contributed by atoms with Crippen molar-refractivity contribution in [1.82, 2.24) is 4.57 Å². The van der Waals surface area contributed by atoms with Crippen LogP contribution in [0.4, 0.5) is 13.2 Å². The molecule has 22 heavy (non-hydrogen) atoms. The Kier molecular flexibility index (Phi) is 3.48. The topological polar surface area (TPSA) is 22.0 Å². The van der Waals surface area contributed by atoms with E-state index in [1.807, 2.05) is 0 Å². The summed E-state index contributed by atoms with van der Waals surface area (Å²) in [5.41, 5.74) is -0.434. The molecule has 0 aliphatic heterocycles. The Morgan fingerprint density at radius 2 is 1.68 bits per heavy atom.